The SMILES string of the molecule is Cc1nc2ccc(Br)cn2c1C(=O)N/N=C/c1ccccc1. The first-order chi connectivity index (χ1) is 10.6. The molecule has 3 rings (SSSR count). The van der Waals surface area contributed by atoms with Gasteiger partial charge in [-0.15, -0.1) is 0 Å². The molecule has 0 aliphatic rings. The standard InChI is InChI=1S/C16H13BrN4O/c1-11-15(21-10-13(17)7-8-14(21)19-11)16(22)20-18-9-12-5-3-2-4-6-12/h2-10H,1H3,(H,20,22)/b18-9+. The highest BCUT2D eigenvalue weighted by atomic mass is 79.9. The van der Waals surface area contributed by atoms with E-state index in [1.165, 1.54) is 0 Å². The van der Waals surface area contributed by atoms with Crippen LogP contribution < -0.4 is 5.43 Å². The smallest absolute Gasteiger partial charge is 0.290 e. The summed E-state index contributed by atoms with van der Waals surface area (Å²) in [5.41, 5.74) is 5.31. The minimum absolute atomic E-state index is 0.296. The van der Waals surface area contributed by atoms with E-state index in [-0.39, 0.29) is 5.91 Å². The highest BCUT2D eigenvalue weighted by molar-refractivity contribution is 9.10. The molecule has 22 heavy (non-hydrogen) atoms. The molecule has 2 aromatic heterocycles. The Labute approximate surface area is 135 Å². The van der Waals surface area contributed by atoms with E-state index in [2.05, 4.69) is 31.4 Å². The average molecular weight is 357 g/mol. The van der Waals surface area contributed by atoms with Crippen molar-refractivity contribution in [3.05, 3.63) is 70.1 Å². The van der Waals surface area contributed by atoms with E-state index in [0.29, 0.717) is 11.4 Å². The van der Waals surface area contributed by atoms with Crippen LogP contribution in [0.15, 0.2) is 58.2 Å². The molecule has 0 atom stereocenters. The van der Waals surface area contributed by atoms with Gasteiger partial charge in [0.2, 0.25) is 0 Å². The van der Waals surface area contributed by atoms with Crippen molar-refractivity contribution in [2.24, 2.45) is 5.10 Å². The molecule has 1 aromatic carbocycles. The van der Waals surface area contributed by atoms with Crippen LogP contribution in [0, 0.1) is 6.92 Å². The molecule has 5 nitrogen and oxygen atoms in total. The van der Waals surface area contributed by atoms with E-state index >= 15 is 0 Å². The Morgan fingerprint density at radius 2 is 2.05 bits per heavy atom. The van der Waals surface area contributed by atoms with Crippen molar-refractivity contribution in [2.75, 3.05) is 0 Å². The summed E-state index contributed by atoms with van der Waals surface area (Å²) in [6.45, 7) is 1.80. The van der Waals surface area contributed by atoms with Crippen LogP contribution in [0.1, 0.15) is 21.7 Å². The first-order valence-corrected chi connectivity index (χ1v) is 7.47. The van der Waals surface area contributed by atoms with Crippen molar-refractivity contribution in [3.8, 4) is 0 Å². The number of carbonyl (C=O) groups is 1. The first kappa shape index (κ1) is 14.5. The van der Waals surface area contributed by atoms with Crippen LogP contribution >= 0.6 is 15.9 Å². The van der Waals surface area contributed by atoms with Gasteiger partial charge in [-0.05, 0) is 40.5 Å². The number of aromatic nitrogens is 2. The number of nitrogens with one attached hydrogen (secondary N) is 1. The van der Waals surface area contributed by atoms with Crippen LogP contribution in [0.5, 0.6) is 0 Å². The average Bonchev–Trinajstić information content (AvgIpc) is 2.83. The number of rotatable bonds is 3. The van der Waals surface area contributed by atoms with Gasteiger partial charge in [-0.3, -0.25) is 9.20 Å². The third kappa shape index (κ3) is 2.92. The molecule has 0 aliphatic heterocycles. The summed E-state index contributed by atoms with van der Waals surface area (Å²) < 4.78 is 2.62. The Hall–Kier alpha value is -2.47. The Kier molecular flexibility index (Phi) is 4.02. The van der Waals surface area contributed by atoms with Gasteiger partial charge in [0, 0.05) is 10.7 Å². The zero-order valence-electron chi connectivity index (χ0n) is 11.8. The molecule has 1 N–H and O–H groups in total. The van der Waals surface area contributed by atoms with Crippen LogP contribution in [0.25, 0.3) is 5.65 Å². The van der Waals surface area contributed by atoms with E-state index in [9.17, 15) is 4.79 Å². The molecule has 0 radical (unpaired) electrons. The van der Waals surface area contributed by atoms with Gasteiger partial charge in [-0.1, -0.05) is 30.3 Å². The molecule has 1 amide bonds. The predicted molar refractivity (Wildman–Crippen MR) is 89.1 cm³/mol. The number of benzene rings is 1. The minimum atomic E-state index is -0.296. The number of imidazole rings is 1. The van der Waals surface area contributed by atoms with Crippen molar-refractivity contribution in [1.29, 1.82) is 0 Å². The largest absolute Gasteiger partial charge is 0.294 e. The fourth-order valence-corrected chi connectivity index (χ4v) is 2.50. The van der Waals surface area contributed by atoms with Crippen LogP contribution in [0.2, 0.25) is 0 Å². The number of hydrogen-bond donors (Lipinski definition) is 1. The number of fused-ring (bicyclic) bond motifs is 1. The van der Waals surface area contributed by atoms with Crippen LogP contribution in [0.4, 0.5) is 0 Å². The van der Waals surface area contributed by atoms with Crippen LogP contribution in [-0.4, -0.2) is 21.5 Å². The molecule has 0 saturated carbocycles. The molecule has 0 fully saturated rings. The second kappa shape index (κ2) is 6.11. The number of halogens is 1. The molecule has 110 valence electrons. The Morgan fingerprint density at radius 1 is 1.27 bits per heavy atom. The summed E-state index contributed by atoms with van der Waals surface area (Å²) in [4.78, 5) is 16.7. The second-order valence-electron chi connectivity index (χ2n) is 4.73. The monoisotopic (exact) mass is 356 g/mol. The van der Waals surface area contributed by atoms with E-state index in [0.717, 1.165) is 15.7 Å². The molecule has 0 saturated heterocycles. The fraction of sp³-hybridized carbons (Fsp3) is 0.0625. The van der Waals surface area contributed by atoms with Gasteiger partial charge in [0.15, 0.2) is 0 Å². The van der Waals surface area contributed by atoms with Crippen molar-refractivity contribution in [1.82, 2.24) is 14.8 Å². The van der Waals surface area contributed by atoms with Crippen molar-refractivity contribution < 1.29 is 4.79 Å². The molecule has 0 unspecified atom stereocenters. The Bertz CT molecular complexity index is 855. The van der Waals surface area contributed by atoms with Gasteiger partial charge in [-0.25, -0.2) is 10.4 Å². The van der Waals surface area contributed by atoms with Crippen LogP contribution in [-0.2, 0) is 0 Å². The maximum atomic E-state index is 12.3. The number of nitrogens with zero attached hydrogens (tertiary/aromatic N) is 3. The van der Waals surface area contributed by atoms with E-state index in [4.69, 9.17) is 0 Å². The van der Waals surface area contributed by atoms with Gasteiger partial charge in [0.05, 0.1) is 11.9 Å². The molecule has 6 heteroatoms. The van der Waals surface area contributed by atoms with Gasteiger partial charge < -0.3 is 0 Å². The van der Waals surface area contributed by atoms with E-state index in [1.54, 1.807) is 17.5 Å². The summed E-state index contributed by atoms with van der Waals surface area (Å²) in [5.74, 6) is -0.296. The molecule has 0 aliphatic carbocycles. The molecule has 0 bridgehead atoms. The lowest BCUT2D eigenvalue weighted by Gasteiger charge is -2.02. The zero-order valence-corrected chi connectivity index (χ0v) is 13.4. The number of amides is 1. The zero-order chi connectivity index (χ0) is 15.5. The fourth-order valence-electron chi connectivity index (χ4n) is 2.17. The van der Waals surface area contributed by atoms with Gasteiger partial charge in [0.1, 0.15) is 11.3 Å². The van der Waals surface area contributed by atoms with Crippen LogP contribution in [0.3, 0.4) is 0 Å². The summed E-state index contributed by atoms with van der Waals surface area (Å²) in [6, 6.07) is 13.3. The van der Waals surface area contributed by atoms with Gasteiger partial charge >= 0.3 is 0 Å². The third-order valence-electron chi connectivity index (χ3n) is 3.15. The van der Waals surface area contributed by atoms with Gasteiger partial charge in [0.25, 0.3) is 5.91 Å². The normalized spacial score (nSPS) is 11.2. The second-order valence-corrected chi connectivity index (χ2v) is 5.65. The van der Waals surface area contributed by atoms with E-state index < -0.39 is 0 Å². The number of aryl methyl sites for hydroxylation is 1. The number of pyridine rings is 1. The predicted octanol–water partition coefficient (Wildman–Crippen LogP) is 3.17. The highest BCUT2D eigenvalue weighted by Gasteiger charge is 2.16. The lowest BCUT2D eigenvalue weighted by Crippen LogP contribution is -2.20. The van der Waals surface area contributed by atoms with Crippen molar-refractivity contribution >= 4 is 33.7 Å². The molecule has 3 aromatic rings. The van der Waals surface area contributed by atoms with E-state index in [1.807, 2.05) is 48.7 Å². The highest BCUT2D eigenvalue weighted by Crippen LogP contribution is 2.16. The maximum absolute atomic E-state index is 12.3. The summed E-state index contributed by atoms with van der Waals surface area (Å²) in [5, 5.41) is 3.99. The number of hydrogen-bond acceptors (Lipinski definition) is 3. The number of hydrazone groups is 1. The molecule has 2 heterocycles. The lowest BCUT2D eigenvalue weighted by atomic mass is 10.2. The van der Waals surface area contributed by atoms with Crippen molar-refractivity contribution in [3.63, 3.8) is 0 Å². The lowest BCUT2D eigenvalue weighted by molar-refractivity contribution is 0.0948. The Balaban J connectivity index is 1.85. The quantitative estimate of drug-likeness (QED) is 0.578. The minimum Gasteiger partial charge on any atom is -0.294 e. The maximum Gasteiger partial charge on any atom is 0.290 e. The first-order valence-electron chi connectivity index (χ1n) is 6.68. The summed E-state index contributed by atoms with van der Waals surface area (Å²) >= 11 is 3.40. The Morgan fingerprint density at radius 3 is 2.82 bits per heavy atom. The molecule has 0 spiro atoms. The summed E-state index contributed by atoms with van der Waals surface area (Å²) in [7, 11) is 0. The molecular formula is C16H13BrN4O. The number of carbonyl (C=O) groups excluding carboxylic acids is 1. The van der Waals surface area contributed by atoms with Crippen molar-refractivity contribution in [2.45, 2.75) is 6.92 Å². The summed E-state index contributed by atoms with van der Waals surface area (Å²) in [6.07, 6.45) is 3.41. The molecular weight excluding hydrogens is 344 g/mol. The third-order valence-corrected chi connectivity index (χ3v) is 3.62. The van der Waals surface area contributed by atoms with Gasteiger partial charge in [-0.2, -0.15) is 5.10 Å². The topological polar surface area (TPSA) is 58.8 Å².